The lowest BCUT2D eigenvalue weighted by Crippen LogP contribution is -2.28. The molecule has 0 spiro atoms. The van der Waals surface area contributed by atoms with Crippen LogP contribution in [0.15, 0.2) is 6.33 Å². The molecule has 1 unspecified atom stereocenters. The Bertz CT molecular complexity index is 509. The Balaban J connectivity index is 2.21. The molecule has 2 heterocycles. The Kier molecular flexibility index (Phi) is 4.89. The molecule has 21 heavy (non-hydrogen) atoms. The van der Waals surface area contributed by atoms with Crippen molar-refractivity contribution < 1.29 is 4.92 Å². The Labute approximate surface area is 124 Å². The number of nitro groups is 1. The van der Waals surface area contributed by atoms with Gasteiger partial charge in [0.25, 0.3) is 0 Å². The topological polar surface area (TPSA) is 87.4 Å². The molecule has 0 aromatic carbocycles. The van der Waals surface area contributed by atoms with Gasteiger partial charge in [-0.05, 0) is 32.9 Å². The number of likely N-dealkylation sites (tertiary alicyclic amines) is 1. The van der Waals surface area contributed by atoms with E-state index in [1.807, 2.05) is 18.9 Å². The number of hydrogen-bond donors (Lipinski definition) is 1. The molecular formula is C13H22N6O2. The van der Waals surface area contributed by atoms with E-state index in [2.05, 4.69) is 27.2 Å². The Morgan fingerprint density at radius 3 is 2.90 bits per heavy atom. The first-order valence-corrected chi connectivity index (χ1v) is 7.15. The predicted octanol–water partition coefficient (Wildman–Crippen LogP) is 1.20. The van der Waals surface area contributed by atoms with Crippen molar-refractivity contribution >= 4 is 17.3 Å². The van der Waals surface area contributed by atoms with Crippen LogP contribution >= 0.6 is 0 Å². The SMILES string of the molecule is CCNc1ncnc(N(C)CC2CCN(C)C2)c1[N+](=O)[O-]. The molecule has 116 valence electrons. The second-order valence-electron chi connectivity index (χ2n) is 5.48. The van der Waals surface area contributed by atoms with Gasteiger partial charge in [-0.1, -0.05) is 0 Å². The summed E-state index contributed by atoms with van der Waals surface area (Å²) in [6, 6.07) is 0. The molecule has 1 atom stereocenters. The van der Waals surface area contributed by atoms with Crippen LogP contribution in [0.25, 0.3) is 0 Å². The minimum absolute atomic E-state index is 0.0480. The third-order valence-corrected chi connectivity index (χ3v) is 3.71. The second-order valence-corrected chi connectivity index (χ2v) is 5.48. The van der Waals surface area contributed by atoms with Crippen LogP contribution in [-0.4, -0.2) is 60.1 Å². The Morgan fingerprint density at radius 2 is 2.33 bits per heavy atom. The molecule has 1 N–H and O–H groups in total. The minimum Gasteiger partial charge on any atom is -0.364 e. The summed E-state index contributed by atoms with van der Waals surface area (Å²) in [5.74, 6) is 1.17. The molecule has 1 saturated heterocycles. The molecule has 8 heteroatoms. The quantitative estimate of drug-likeness (QED) is 0.623. The Morgan fingerprint density at radius 1 is 1.57 bits per heavy atom. The molecule has 0 aliphatic carbocycles. The lowest BCUT2D eigenvalue weighted by atomic mass is 10.1. The monoisotopic (exact) mass is 294 g/mol. The first-order valence-electron chi connectivity index (χ1n) is 7.15. The van der Waals surface area contributed by atoms with Crippen molar-refractivity contribution in [1.82, 2.24) is 14.9 Å². The summed E-state index contributed by atoms with van der Waals surface area (Å²) < 4.78 is 0. The van der Waals surface area contributed by atoms with Crippen LogP contribution in [-0.2, 0) is 0 Å². The number of nitrogens with one attached hydrogen (secondary N) is 1. The molecule has 0 amide bonds. The maximum Gasteiger partial charge on any atom is 0.353 e. The van der Waals surface area contributed by atoms with Gasteiger partial charge < -0.3 is 15.1 Å². The summed E-state index contributed by atoms with van der Waals surface area (Å²) in [4.78, 5) is 23.2. The highest BCUT2D eigenvalue weighted by Crippen LogP contribution is 2.31. The zero-order chi connectivity index (χ0) is 15.4. The first kappa shape index (κ1) is 15.4. The van der Waals surface area contributed by atoms with Crippen molar-refractivity contribution in [3.05, 3.63) is 16.4 Å². The average Bonchev–Trinajstić information content (AvgIpc) is 2.84. The van der Waals surface area contributed by atoms with Crippen molar-refractivity contribution in [2.45, 2.75) is 13.3 Å². The summed E-state index contributed by atoms with van der Waals surface area (Å²) in [6.45, 7) is 5.31. The zero-order valence-electron chi connectivity index (χ0n) is 12.7. The van der Waals surface area contributed by atoms with Gasteiger partial charge in [-0.15, -0.1) is 0 Å². The summed E-state index contributed by atoms with van der Waals surface area (Å²) in [7, 11) is 3.94. The van der Waals surface area contributed by atoms with E-state index < -0.39 is 4.92 Å². The van der Waals surface area contributed by atoms with E-state index in [4.69, 9.17) is 0 Å². The van der Waals surface area contributed by atoms with E-state index in [1.54, 1.807) is 0 Å². The summed E-state index contributed by atoms with van der Waals surface area (Å²) in [5, 5.41) is 14.3. The van der Waals surface area contributed by atoms with Gasteiger partial charge in [-0.2, -0.15) is 0 Å². The second kappa shape index (κ2) is 6.66. The van der Waals surface area contributed by atoms with Gasteiger partial charge in [0.15, 0.2) is 0 Å². The largest absolute Gasteiger partial charge is 0.364 e. The van der Waals surface area contributed by atoms with Crippen molar-refractivity contribution in [3.8, 4) is 0 Å². The number of aromatic nitrogens is 2. The lowest BCUT2D eigenvalue weighted by Gasteiger charge is -2.22. The van der Waals surface area contributed by atoms with Crippen molar-refractivity contribution in [3.63, 3.8) is 0 Å². The van der Waals surface area contributed by atoms with Crippen LogP contribution in [0.3, 0.4) is 0 Å². The van der Waals surface area contributed by atoms with Crippen LogP contribution in [0.1, 0.15) is 13.3 Å². The molecule has 1 fully saturated rings. The van der Waals surface area contributed by atoms with E-state index in [1.165, 1.54) is 6.33 Å². The summed E-state index contributed by atoms with van der Waals surface area (Å²) in [5.41, 5.74) is -0.0480. The maximum atomic E-state index is 11.4. The number of hydrogen-bond acceptors (Lipinski definition) is 7. The molecule has 0 bridgehead atoms. The highest BCUT2D eigenvalue weighted by Gasteiger charge is 2.28. The predicted molar refractivity (Wildman–Crippen MR) is 81.7 cm³/mol. The fourth-order valence-electron chi connectivity index (χ4n) is 2.76. The molecule has 2 rings (SSSR count). The lowest BCUT2D eigenvalue weighted by molar-refractivity contribution is -0.383. The average molecular weight is 294 g/mol. The molecule has 1 aliphatic heterocycles. The van der Waals surface area contributed by atoms with Gasteiger partial charge in [0.1, 0.15) is 6.33 Å². The number of rotatable bonds is 6. The van der Waals surface area contributed by atoms with Crippen LogP contribution in [0.2, 0.25) is 0 Å². The normalized spacial score (nSPS) is 18.7. The molecule has 1 aliphatic rings. The van der Waals surface area contributed by atoms with E-state index in [9.17, 15) is 10.1 Å². The molecular weight excluding hydrogens is 272 g/mol. The van der Waals surface area contributed by atoms with E-state index in [0.717, 1.165) is 26.1 Å². The number of nitrogens with zero attached hydrogens (tertiary/aromatic N) is 5. The summed E-state index contributed by atoms with van der Waals surface area (Å²) in [6.07, 6.45) is 2.48. The fraction of sp³-hybridized carbons (Fsp3) is 0.692. The van der Waals surface area contributed by atoms with Gasteiger partial charge in [-0.25, -0.2) is 9.97 Å². The summed E-state index contributed by atoms with van der Waals surface area (Å²) >= 11 is 0. The van der Waals surface area contributed by atoms with Gasteiger partial charge in [-0.3, -0.25) is 10.1 Å². The molecule has 0 saturated carbocycles. The van der Waals surface area contributed by atoms with E-state index in [-0.39, 0.29) is 11.5 Å². The minimum atomic E-state index is -0.412. The van der Waals surface area contributed by atoms with Crippen LogP contribution in [0.4, 0.5) is 17.3 Å². The fourth-order valence-corrected chi connectivity index (χ4v) is 2.76. The Hall–Kier alpha value is -1.96. The number of anilines is 2. The van der Waals surface area contributed by atoms with E-state index >= 15 is 0 Å². The molecule has 1 aromatic heterocycles. The highest BCUT2D eigenvalue weighted by molar-refractivity contribution is 5.70. The van der Waals surface area contributed by atoms with Crippen molar-refractivity contribution in [2.75, 3.05) is 50.5 Å². The molecule has 8 nitrogen and oxygen atoms in total. The first-order chi connectivity index (χ1) is 10.0. The molecule has 0 radical (unpaired) electrons. The van der Waals surface area contributed by atoms with Crippen LogP contribution in [0.5, 0.6) is 0 Å². The van der Waals surface area contributed by atoms with E-state index in [0.29, 0.717) is 18.3 Å². The van der Waals surface area contributed by atoms with Crippen LogP contribution in [0, 0.1) is 16.0 Å². The third kappa shape index (κ3) is 3.57. The molecule has 1 aromatic rings. The van der Waals surface area contributed by atoms with Crippen molar-refractivity contribution in [1.29, 1.82) is 0 Å². The maximum absolute atomic E-state index is 11.4. The van der Waals surface area contributed by atoms with Gasteiger partial charge in [0, 0.05) is 26.7 Å². The van der Waals surface area contributed by atoms with Crippen molar-refractivity contribution in [2.24, 2.45) is 5.92 Å². The third-order valence-electron chi connectivity index (χ3n) is 3.71. The van der Waals surface area contributed by atoms with Gasteiger partial charge in [0.2, 0.25) is 11.6 Å². The van der Waals surface area contributed by atoms with Gasteiger partial charge in [0.05, 0.1) is 4.92 Å². The smallest absolute Gasteiger partial charge is 0.353 e. The highest BCUT2D eigenvalue weighted by atomic mass is 16.6. The van der Waals surface area contributed by atoms with Gasteiger partial charge >= 0.3 is 5.69 Å². The van der Waals surface area contributed by atoms with Crippen LogP contribution < -0.4 is 10.2 Å². The standard InChI is InChI=1S/C13H22N6O2/c1-4-14-12-11(19(20)21)13(16-9-15-12)18(3)8-10-5-6-17(2)7-10/h9-10H,4-8H2,1-3H3,(H,14,15,16). The zero-order valence-corrected chi connectivity index (χ0v) is 12.7.